The number of methoxy groups -OCH3 is 1. The molecule has 27 heavy (non-hydrogen) atoms. The van der Waals surface area contributed by atoms with E-state index >= 15 is 0 Å². The summed E-state index contributed by atoms with van der Waals surface area (Å²) in [5.74, 6) is -0.719. The van der Waals surface area contributed by atoms with Crippen molar-refractivity contribution < 1.29 is 18.7 Å². The van der Waals surface area contributed by atoms with E-state index in [1.807, 2.05) is 0 Å². The molecule has 0 aromatic heterocycles. The number of hydrogen-bond donors (Lipinski definition) is 2. The van der Waals surface area contributed by atoms with Crippen molar-refractivity contribution in [2.75, 3.05) is 17.7 Å². The van der Waals surface area contributed by atoms with Crippen LogP contribution in [0.3, 0.4) is 0 Å². The fourth-order valence-electron chi connectivity index (χ4n) is 2.43. The average Bonchev–Trinajstić information content (AvgIpc) is 2.69. The number of amides is 2. The van der Waals surface area contributed by atoms with Gasteiger partial charge in [0.05, 0.1) is 12.7 Å². The summed E-state index contributed by atoms with van der Waals surface area (Å²) in [5, 5.41) is 5.38. The summed E-state index contributed by atoms with van der Waals surface area (Å²) in [6.45, 7) is 0. The Labute approximate surface area is 155 Å². The quantitative estimate of drug-likeness (QED) is 0.708. The van der Waals surface area contributed by atoms with Crippen LogP contribution in [0.4, 0.5) is 15.8 Å². The molecule has 0 aliphatic rings. The van der Waals surface area contributed by atoms with Gasteiger partial charge in [0.25, 0.3) is 11.8 Å². The molecule has 0 atom stereocenters. The van der Waals surface area contributed by atoms with Crippen LogP contribution in [0.2, 0.25) is 0 Å². The molecule has 0 heterocycles. The molecule has 0 aliphatic carbocycles. The van der Waals surface area contributed by atoms with Crippen molar-refractivity contribution in [3.8, 4) is 5.75 Å². The zero-order valence-corrected chi connectivity index (χ0v) is 14.5. The second kappa shape index (κ2) is 8.14. The number of anilines is 2. The zero-order chi connectivity index (χ0) is 19.2. The highest BCUT2D eigenvalue weighted by atomic mass is 19.1. The van der Waals surface area contributed by atoms with E-state index in [-0.39, 0.29) is 11.5 Å². The van der Waals surface area contributed by atoms with Crippen LogP contribution in [0.15, 0.2) is 72.8 Å². The van der Waals surface area contributed by atoms with E-state index in [1.54, 1.807) is 61.7 Å². The van der Waals surface area contributed by atoms with Crippen molar-refractivity contribution in [2.45, 2.75) is 0 Å². The molecule has 5 nitrogen and oxygen atoms in total. The van der Waals surface area contributed by atoms with Crippen molar-refractivity contribution in [3.05, 3.63) is 89.7 Å². The third-order valence-corrected chi connectivity index (χ3v) is 3.87. The minimum atomic E-state index is -0.585. The molecule has 2 amide bonds. The molecule has 0 fully saturated rings. The van der Waals surface area contributed by atoms with Crippen LogP contribution >= 0.6 is 0 Å². The summed E-state index contributed by atoms with van der Waals surface area (Å²) < 4.78 is 18.7. The van der Waals surface area contributed by atoms with Gasteiger partial charge in [-0.3, -0.25) is 9.59 Å². The van der Waals surface area contributed by atoms with Gasteiger partial charge < -0.3 is 15.4 Å². The third kappa shape index (κ3) is 4.49. The highest BCUT2D eigenvalue weighted by Gasteiger charge is 2.11. The van der Waals surface area contributed by atoms with Crippen LogP contribution in [-0.2, 0) is 0 Å². The van der Waals surface area contributed by atoms with E-state index in [2.05, 4.69) is 10.6 Å². The van der Waals surface area contributed by atoms with Gasteiger partial charge in [0, 0.05) is 16.9 Å². The molecule has 3 aromatic rings. The Hall–Kier alpha value is -3.67. The SMILES string of the molecule is COc1ccc(C(=O)Nc2ccc(NC(=O)c3ccccc3F)cc2)cc1. The second-order valence-corrected chi connectivity index (χ2v) is 5.69. The van der Waals surface area contributed by atoms with Gasteiger partial charge in [-0.05, 0) is 60.7 Å². The second-order valence-electron chi connectivity index (χ2n) is 5.69. The monoisotopic (exact) mass is 364 g/mol. The molecular weight excluding hydrogens is 347 g/mol. The summed E-state index contributed by atoms with van der Waals surface area (Å²) in [6, 6.07) is 19.0. The smallest absolute Gasteiger partial charge is 0.258 e. The van der Waals surface area contributed by atoms with E-state index in [4.69, 9.17) is 4.74 Å². The first-order valence-corrected chi connectivity index (χ1v) is 8.18. The lowest BCUT2D eigenvalue weighted by Gasteiger charge is -2.09. The topological polar surface area (TPSA) is 67.4 Å². The van der Waals surface area contributed by atoms with E-state index in [0.717, 1.165) is 0 Å². The number of carbonyl (C=O) groups is 2. The fourth-order valence-corrected chi connectivity index (χ4v) is 2.43. The van der Waals surface area contributed by atoms with E-state index in [0.29, 0.717) is 22.7 Å². The van der Waals surface area contributed by atoms with Gasteiger partial charge in [0.1, 0.15) is 11.6 Å². The highest BCUT2D eigenvalue weighted by Crippen LogP contribution is 2.17. The number of hydrogen-bond acceptors (Lipinski definition) is 3. The molecule has 0 unspecified atom stereocenters. The molecule has 0 bridgehead atoms. The van der Waals surface area contributed by atoms with Crippen LogP contribution in [-0.4, -0.2) is 18.9 Å². The predicted molar refractivity (Wildman–Crippen MR) is 102 cm³/mol. The molecule has 6 heteroatoms. The number of nitrogens with one attached hydrogen (secondary N) is 2. The lowest BCUT2D eigenvalue weighted by Crippen LogP contribution is -2.14. The number of halogens is 1. The number of ether oxygens (including phenoxy) is 1. The molecule has 0 saturated carbocycles. The van der Waals surface area contributed by atoms with Crippen LogP contribution in [0, 0.1) is 5.82 Å². The number of rotatable bonds is 5. The summed E-state index contributed by atoms with van der Waals surface area (Å²) in [7, 11) is 1.56. The summed E-state index contributed by atoms with van der Waals surface area (Å²) in [4.78, 5) is 24.3. The van der Waals surface area contributed by atoms with Crippen LogP contribution in [0.25, 0.3) is 0 Å². The molecule has 3 rings (SSSR count). The standard InChI is InChI=1S/C21H17FN2O3/c1-27-17-12-6-14(7-13-17)20(25)23-15-8-10-16(11-9-15)24-21(26)18-4-2-3-5-19(18)22/h2-13H,1H3,(H,23,25)(H,24,26). The minimum absolute atomic E-state index is 0.0330. The Morgan fingerprint density at radius 2 is 1.33 bits per heavy atom. The Bertz CT molecular complexity index is 954. The predicted octanol–water partition coefficient (Wildman–Crippen LogP) is 4.34. The zero-order valence-electron chi connectivity index (χ0n) is 14.5. The van der Waals surface area contributed by atoms with E-state index < -0.39 is 11.7 Å². The maximum Gasteiger partial charge on any atom is 0.258 e. The van der Waals surface area contributed by atoms with Gasteiger partial charge in [-0.1, -0.05) is 12.1 Å². The van der Waals surface area contributed by atoms with Crippen LogP contribution < -0.4 is 15.4 Å². The molecule has 0 saturated heterocycles. The van der Waals surface area contributed by atoms with E-state index in [9.17, 15) is 14.0 Å². The lowest BCUT2D eigenvalue weighted by molar-refractivity contribution is 0.101. The first kappa shape index (κ1) is 18.1. The first-order valence-electron chi connectivity index (χ1n) is 8.18. The van der Waals surface area contributed by atoms with Crippen LogP contribution in [0.5, 0.6) is 5.75 Å². The van der Waals surface area contributed by atoms with Crippen molar-refractivity contribution >= 4 is 23.2 Å². The number of benzene rings is 3. The maximum atomic E-state index is 13.6. The highest BCUT2D eigenvalue weighted by molar-refractivity contribution is 6.05. The fraction of sp³-hybridized carbons (Fsp3) is 0.0476. The van der Waals surface area contributed by atoms with Gasteiger partial charge in [-0.2, -0.15) is 0 Å². The number of carbonyl (C=O) groups excluding carboxylic acids is 2. The average molecular weight is 364 g/mol. The largest absolute Gasteiger partial charge is 0.497 e. The molecule has 136 valence electrons. The third-order valence-electron chi connectivity index (χ3n) is 3.87. The summed E-state index contributed by atoms with van der Waals surface area (Å²) in [5.41, 5.74) is 1.52. The van der Waals surface area contributed by atoms with Gasteiger partial charge in [0.15, 0.2) is 0 Å². The van der Waals surface area contributed by atoms with Crippen molar-refractivity contribution in [2.24, 2.45) is 0 Å². The summed E-state index contributed by atoms with van der Waals surface area (Å²) >= 11 is 0. The molecule has 2 N–H and O–H groups in total. The maximum absolute atomic E-state index is 13.6. The van der Waals surface area contributed by atoms with Crippen molar-refractivity contribution in [1.29, 1.82) is 0 Å². The first-order chi connectivity index (χ1) is 13.1. The molecule has 0 spiro atoms. The Morgan fingerprint density at radius 1 is 0.778 bits per heavy atom. The Morgan fingerprint density at radius 3 is 1.89 bits per heavy atom. The molecular formula is C21H17FN2O3. The Kier molecular flexibility index (Phi) is 5.47. The van der Waals surface area contributed by atoms with Gasteiger partial charge in [0.2, 0.25) is 0 Å². The Balaban J connectivity index is 1.63. The van der Waals surface area contributed by atoms with Gasteiger partial charge in [-0.25, -0.2) is 4.39 Å². The lowest BCUT2D eigenvalue weighted by atomic mass is 10.2. The van der Waals surface area contributed by atoms with E-state index in [1.165, 1.54) is 18.2 Å². The van der Waals surface area contributed by atoms with Gasteiger partial charge >= 0.3 is 0 Å². The summed E-state index contributed by atoms with van der Waals surface area (Å²) in [6.07, 6.45) is 0. The van der Waals surface area contributed by atoms with Crippen LogP contribution in [0.1, 0.15) is 20.7 Å². The van der Waals surface area contributed by atoms with Gasteiger partial charge in [-0.15, -0.1) is 0 Å². The van der Waals surface area contributed by atoms with Crippen molar-refractivity contribution in [1.82, 2.24) is 0 Å². The normalized spacial score (nSPS) is 10.1. The minimum Gasteiger partial charge on any atom is -0.497 e. The molecule has 0 radical (unpaired) electrons. The molecule has 3 aromatic carbocycles. The van der Waals surface area contributed by atoms with Crippen molar-refractivity contribution in [3.63, 3.8) is 0 Å². The molecule has 0 aliphatic heterocycles.